The molecule has 0 atom stereocenters. The van der Waals surface area contributed by atoms with Gasteiger partial charge in [-0.25, -0.2) is 0 Å². The van der Waals surface area contributed by atoms with Crippen LogP contribution in [0.5, 0.6) is 0 Å². The molecular weight excluding hydrogens is 296 g/mol. The molecule has 3 N–H and O–H groups in total. The summed E-state index contributed by atoms with van der Waals surface area (Å²) in [7, 11) is 0. The first-order valence-corrected chi connectivity index (χ1v) is 2.83. The third kappa shape index (κ3) is 3.00. The monoisotopic (exact) mass is 305 g/mol. The van der Waals surface area contributed by atoms with Crippen molar-refractivity contribution in [3.8, 4) is 0 Å². The molecule has 0 amide bonds. The topological polar surface area (TPSA) is 38.0 Å². The van der Waals surface area contributed by atoms with E-state index in [-0.39, 0.29) is 21.1 Å². The van der Waals surface area contributed by atoms with Crippen molar-refractivity contribution in [2.45, 2.75) is 0 Å². The van der Waals surface area contributed by atoms with Crippen molar-refractivity contribution in [2.24, 2.45) is 5.73 Å². The van der Waals surface area contributed by atoms with Crippen LogP contribution in [0.15, 0.2) is 24.3 Å². The second kappa shape index (κ2) is 5.45. The van der Waals surface area contributed by atoms with E-state index in [2.05, 4.69) is 11.4 Å². The van der Waals surface area contributed by atoms with Gasteiger partial charge in [0.25, 0.3) is 0 Å². The zero-order valence-corrected chi connectivity index (χ0v) is 8.44. The molecule has 2 nitrogen and oxygen atoms in total. The Morgan fingerprint density at radius 1 is 1.40 bits per heavy atom. The van der Waals surface area contributed by atoms with E-state index in [1.807, 2.05) is 24.3 Å². The maximum absolute atomic E-state index is 5.24. The Morgan fingerprint density at radius 2 is 2.00 bits per heavy atom. The Balaban J connectivity index is 0.000000810. The summed E-state index contributed by atoms with van der Waals surface area (Å²) < 4.78 is 0. The fourth-order valence-electron chi connectivity index (χ4n) is 0.623. The molecule has 54 valence electrons. The number of rotatable bonds is 2. The van der Waals surface area contributed by atoms with Gasteiger partial charge < -0.3 is 11.1 Å². The molecule has 10 heavy (non-hydrogen) atoms. The summed E-state index contributed by atoms with van der Waals surface area (Å²) in [6.07, 6.45) is 0. The molecule has 0 unspecified atom stereocenters. The van der Waals surface area contributed by atoms with E-state index >= 15 is 0 Å². The molecule has 0 radical (unpaired) electrons. The van der Waals surface area contributed by atoms with E-state index < -0.39 is 0 Å². The van der Waals surface area contributed by atoms with Gasteiger partial charge in [0, 0.05) is 21.1 Å². The summed E-state index contributed by atoms with van der Waals surface area (Å²) in [6.45, 7) is 0.476. The minimum absolute atomic E-state index is 0. The average Bonchev–Trinajstić information content (AvgIpc) is 1.91. The Labute approximate surface area is 75.1 Å². The van der Waals surface area contributed by atoms with E-state index in [1.54, 1.807) is 0 Å². The maximum Gasteiger partial charge on any atom is 0.0608 e. The fourth-order valence-corrected chi connectivity index (χ4v) is 0.623. The quantitative estimate of drug-likeness (QED) is 0.627. The van der Waals surface area contributed by atoms with Crippen LogP contribution < -0.4 is 11.1 Å². The fraction of sp³-hybridized carbons (Fsp3) is 0.143. The first kappa shape index (κ1) is 9.67. The van der Waals surface area contributed by atoms with Crippen molar-refractivity contribution in [3.63, 3.8) is 0 Å². The minimum Gasteiger partial charge on any atom is -0.394 e. The van der Waals surface area contributed by atoms with Crippen LogP contribution in [0.1, 0.15) is 0 Å². The van der Waals surface area contributed by atoms with Gasteiger partial charge in [-0.15, -0.1) is 12.1 Å². The summed E-state index contributed by atoms with van der Waals surface area (Å²) in [6, 6.07) is 10.4. The van der Waals surface area contributed by atoms with Gasteiger partial charge in [0.05, 0.1) is 6.67 Å². The van der Waals surface area contributed by atoms with Crippen LogP contribution in [0.2, 0.25) is 0 Å². The summed E-state index contributed by atoms with van der Waals surface area (Å²) in [5.41, 5.74) is 6.28. The zero-order chi connectivity index (χ0) is 6.53. The van der Waals surface area contributed by atoms with Gasteiger partial charge >= 0.3 is 0 Å². The van der Waals surface area contributed by atoms with Crippen LogP contribution in [-0.4, -0.2) is 6.67 Å². The molecule has 0 saturated heterocycles. The van der Waals surface area contributed by atoms with Gasteiger partial charge in [0.1, 0.15) is 0 Å². The predicted octanol–water partition coefficient (Wildman–Crippen LogP) is 0.812. The van der Waals surface area contributed by atoms with Gasteiger partial charge in [-0.05, 0) is 0 Å². The molecule has 0 heterocycles. The van der Waals surface area contributed by atoms with E-state index in [0.29, 0.717) is 6.67 Å². The second-order valence-electron chi connectivity index (χ2n) is 1.67. The Hall–Kier alpha value is -0.332. The van der Waals surface area contributed by atoms with Crippen LogP contribution in [0.3, 0.4) is 0 Å². The number of nitrogens with two attached hydrogens (primary N) is 1. The van der Waals surface area contributed by atoms with Crippen LogP contribution >= 0.6 is 0 Å². The molecular formula is C7H9N2W-. The normalized spacial score (nSPS) is 8.10. The maximum atomic E-state index is 5.24. The number of nitrogens with one attached hydrogen (secondary N) is 1. The first-order valence-electron chi connectivity index (χ1n) is 2.83. The van der Waals surface area contributed by atoms with Crippen LogP contribution in [0.4, 0.5) is 5.69 Å². The van der Waals surface area contributed by atoms with Crippen molar-refractivity contribution in [2.75, 3.05) is 12.0 Å². The van der Waals surface area contributed by atoms with Crippen molar-refractivity contribution in [1.82, 2.24) is 0 Å². The molecule has 0 saturated carbocycles. The molecule has 0 spiro atoms. The second-order valence-corrected chi connectivity index (χ2v) is 1.67. The van der Waals surface area contributed by atoms with Gasteiger partial charge in [0.2, 0.25) is 0 Å². The van der Waals surface area contributed by atoms with Crippen LogP contribution in [-0.2, 0) is 21.1 Å². The molecule has 1 aromatic carbocycles. The summed E-state index contributed by atoms with van der Waals surface area (Å²) >= 11 is 0. The van der Waals surface area contributed by atoms with Crippen molar-refractivity contribution < 1.29 is 21.1 Å². The third-order valence-electron chi connectivity index (χ3n) is 1.02. The standard InChI is InChI=1S/C7H9N2.W/c8-6-9-7-4-2-1-3-5-7;/h2-5,9H,6,8H2;/q-1;. The molecule has 1 rings (SSSR count). The molecule has 0 aliphatic heterocycles. The van der Waals surface area contributed by atoms with Crippen molar-refractivity contribution >= 4 is 5.69 Å². The Morgan fingerprint density at radius 3 is 2.50 bits per heavy atom. The number of hydrogen-bond donors (Lipinski definition) is 2. The predicted molar refractivity (Wildman–Crippen MR) is 38.0 cm³/mol. The van der Waals surface area contributed by atoms with Gasteiger partial charge in [-0.2, -0.15) is 18.2 Å². The molecule has 1 aromatic rings. The Bertz CT molecular complexity index is 165. The van der Waals surface area contributed by atoms with Gasteiger partial charge in [0.15, 0.2) is 0 Å². The minimum atomic E-state index is 0. The molecule has 3 heteroatoms. The Kier molecular flexibility index (Phi) is 5.27. The van der Waals surface area contributed by atoms with E-state index in [9.17, 15) is 0 Å². The van der Waals surface area contributed by atoms with E-state index in [0.717, 1.165) is 5.69 Å². The molecule has 0 bridgehead atoms. The van der Waals surface area contributed by atoms with Crippen LogP contribution in [0.25, 0.3) is 0 Å². The SMILES string of the molecule is NCNc1cc[c-]cc1.[W]. The average molecular weight is 305 g/mol. The summed E-state index contributed by atoms with van der Waals surface area (Å²) in [4.78, 5) is 0. The third-order valence-corrected chi connectivity index (χ3v) is 1.02. The molecule has 0 aliphatic carbocycles. The van der Waals surface area contributed by atoms with Crippen molar-refractivity contribution in [3.05, 3.63) is 30.3 Å². The molecule has 0 aliphatic rings. The van der Waals surface area contributed by atoms with Crippen LogP contribution in [0, 0.1) is 6.07 Å². The van der Waals surface area contributed by atoms with Gasteiger partial charge in [-0.1, -0.05) is 5.69 Å². The smallest absolute Gasteiger partial charge is 0.0608 e. The molecule has 0 fully saturated rings. The van der Waals surface area contributed by atoms with E-state index in [1.165, 1.54) is 0 Å². The number of hydrogen-bond acceptors (Lipinski definition) is 2. The zero-order valence-electron chi connectivity index (χ0n) is 5.50. The summed E-state index contributed by atoms with van der Waals surface area (Å²) in [5.74, 6) is 0. The van der Waals surface area contributed by atoms with Crippen molar-refractivity contribution in [1.29, 1.82) is 0 Å². The first-order chi connectivity index (χ1) is 4.43. The molecule has 0 aromatic heterocycles. The number of benzene rings is 1. The van der Waals surface area contributed by atoms with Gasteiger partial charge in [-0.3, -0.25) is 0 Å². The number of anilines is 1. The summed E-state index contributed by atoms with van der Waals surface area (Å²) in [5, 5.41) is 2.97. The van der Waals surface area contributed by atoms with E-state index in [4.69, 9.17) is 5.73 Å². The largest absolute Gasteiger partial charge is 0.394 e.